The number of halogens is 2. The van der Waals surface area contributed by atoms with Gasteiger partial charge in [-0.2, -0.15) is 4.31 Å². The standard InChI is InChI=1S/C30H33F2N5O4S/c1-19-16-23(32)9-10-25(19)35-26-17-28(42(40,41)37-13-3-4-27(37)29(38)33-2)34-18-24(26)30(39)36-14-11-21(12-15-36)20-5-7-22(31)8-6-20/h5-10,16-18,21,27H,3-4,11-15H2,1-2H3,(H,33,38)(H,34,35). The fourth-order valence-electron chi connectivity index (χ4n) is 5.66. The van der Waals surface area contributed by atoms with E-state index in [1.165, 1.54) is 49.6 Å². The van der Waals surface area contributed by atoms with E-state index in [2.05, 4.69) is 15.6 Å². The van der Waals surface area contributed by atoms with E-state index in [4.69, 9.17) is 0 Å². The van der Waals surface area contributed by atoms with Crippen molar-refractivity contribution in [3.63, 3.8) is 0 Å². The van der Waals surface area contributed by atoms with Crippen LogP contribution < -0.4 is 10.6 Å². The van der Waals surface area contributed by atoms with E-state index in [0.29, 0.717) is 50.0 Å². The summed E-state index contributed by atoms with van der Waals surface area (Å²) in [5, 5.41) is 5.34. The van der Waals surface area contributed by atoms with E-state index < -0.39 is 27.8 Å². The molecule has 0 radical (unpaired) electrons. The molecule has 1 atom stereocenters. The van der Waals surface area contributed by atoms with Crippen molar-refractivity contribution in [1.29, 1.82) is 0 Å². The highest BCUT2D eigenvalue weighted by atomic mass is 32.2. The van der Waals surface area contributed by atoms with E-state index in [9.17, 15) is 26.8 Å². The lowest BCUT2D eigenvalue weighted by Gasteiger charge is -2.32. The van der Waals surface area contributed by atoms with Crippen LogP contribution in [0.5, 0.6) is 0 Å². The third kappa shape index (κ3) is 6.00. The molecular formula is C30H33F2N5O4S. The average Bonchev–Trinajstić information content (AvgIpc) is 3.50. The van der Waals surface area contributed by atoms with E-state index >= 15 is 0 Å². The van der Waals surface area contributed by atoms with E-state index in [-0.39, 0.29) is 40.5 Å². The molecule has 0 spiro atoms. The van der Waals surface area contributed by atoms with Crippen LogP contribution >= 0.6 is 0 Å². The second kappa shape index (κ2) is 12.1. The molecule has 12 heteroatoms. The first-order valence-electron chi connectivity index (χ1n) is 13.9. The fraction of sp³-hybridized carbons (Fsp3) is 0.367. The molecule has 42 heavy (non-hydrogen) atoms. The number of carbonyl (C=O) groups is 2. The Hall–Kier alpha value is -3.90. The Morgan fingerprint density at radius 2 is 1.62 bits per heavy atom. The van der Waals surface area contributed by atoms with E-state index in [0.717, 1.165) is 9.87 Å². The molecule has 0 saturated carbocycles. The highest BCUT2D eigenvalue weighted by molar-refractivity contribution is 7.89. The number of carbonyl (C=O) groups excluding carboxylic acids is 2. The van der Waals surface area contributed by atoms with Crippen LogP contribution in [0.2, 0.25) is 0 Å². The van der Waals surface area contributed by atoms with Crippen molar-refractivity contribution in [1.82, 2.24) is 19.5 Å². The molecule has 0 aliphatic carbocycles. The summed E-state index contributed by atoms with van der Waals surface area (Å²) in [5.41, 5.74) is 2.46. The summed E-state index contributed by atoms with van der Waals surface area (Å²) in [6.07, 6.45) is 3.54. The number of pyridine rings is 1. The largest absolute Gasteiger partial charge is 0.358 e. The third-order valence-electron chi connectivity index (χ3n) is 8.02. The number of likely N-dealkylation sites (tertiary alicyclic amines) is 1. The van der Waals surface area contributed by atoms with Crippen LogP contribution in [0.4, 0.5) is 20.2 Å². The summed E-state index contributed by atoms with van der Waals surface area (Å²) < 4.78 is 55.6. The van der Waals surface area contributed by atoms with Gasteiger partial charge < -0.3 is 15.5 Å². The minimum Gasteiger partial charge on any atom is -0.358 e. The summed E-state index contributed by atoms with van der Waals surface area (Å²) in [6.45, 7) is 2.78. The predicted octanol–water partition coefficient (Wildman–Crippen LogP) is 4.33. The van der Waals surface area contributed by atoms with Crippen LogP contribution in [0, 0.1) is 18.6 Å². The summed E-state index contributed by atoms with van der Waals surface area (Å²) >= 11 is 0. The van der Waals surface area contributed by atoms with E-state index in [1.807, 2.05) is 0 Å². The second-order valence-corrected chi connectivity index (χ2v) is 12.5. The van der Waals surface area contributed by atoms with Crippen LogP contribution in [-0.2, 0) is 14.8 Å². The quantitative estimate of drug-likeness (QED) is 0.420. The molecule has 2 fully saturated rings. The van der Waals surface area contributed by atoms with Gasteiger partial charge in [0.15, 0.2) is 5.03 Å². The highest BCUT2D eigenvalue weighted by Crippen LogP contribution is 2.33. The van der Waals surface area contributed by atoms with Gasteiger partial charge in [0.25, 0.3) is 15.9 Å². The van der Waals surface area contributed by atoms with Gasteiger partial charge in [-0.25, -0.2) is 22.2 Å². The number of likely N-dealkylation sites (N-methyl/N-ethyl adjacent to an activating group) is 1. The molecule has 1 aromatic heterocycles. The van der Waals surface area contributed by atoms with Crippen molar-refractivity contribution in [2.45, 2.75) is 49.6 Å². The second-order valence-electron chi connectivity index (χ2n) is 10.7. The summed E-state index contributed by atoms with van der Waals surface area (Å²) in [6, 6.07) is 11.0. The molecule has 2 aliphatic rings. The first-order valence-corrected chi connectivity index (χ1v) is 15.3. The maximum absolute atomic E-state index is 13.8. The lowest BCUT2D eigenvalue weighted by molar-refractivity contribution is -0.123. The molecule has 2 aliphatic heterocycles. The van der Waals surface area contributed by atoms with Gasteiger partial charge in [0.2, 0.25) is 5.91 Å². The number of rotatable bonds is 7. The van der Waals surface area contributed by atoms with Crippen molar-refractivity contribution in [2.24, 2.45) is 0 Å². The number of benzene rings is 2. The van der Waals surface area contributed by atoms with Crippen molar-refractivity contribution < 1.29 is 26.8 Å². The Bertz CT molecular complexity index is 1590. The number of anilines is 2. The first-order chi connectivity index (χ1) is 20.1. The van der Waals surface area contributed by atoms with Crippen molar-refractivity contribution in [2.75, 3.05) is 32.0 Å². The Balaban J connectivity index is 1.45. The number of amides is 2. The van der Waals surface area contributed by atoms with Gasteiger partial charge in [0.05, 0.1) is 11.3 Å². The molecule has 2 N–H and O–H groups in total. The number of piperidine rings is 1. The van der Waals surface area contributed by atoms with Crippen LogP contribution in [0.1, 0.15) is 53.1 Å². The molecule has 222 valence electrons. The first kappa shape index (κ1) is 29.6. The molecule has 9 nitrogen and oxygen atoms in total. The Morgan fingerprint density at radius 1 is 0.929 bits per heavy atom. The molecule has 3 aromatic rings. The molecule has 5 rings (SSSR count). The van der Waals surface area contributed by atoms with Crippen LogP contribution in [0.25, 0.3) is 0 Å². The molecule has 3 heterocycles. The molecule has 2 aromatic carbocycles. The molecule has 1 unspecified atom stereocenters. The van der Waals surface area contributed by atoms with Gasteiger partial charge in [-0.15, -0.1) is 0 Å². The molecule has 0 bridgehead atoms. The lowest BCUT2D eigenvalue weighted by atomic mass is 9.89. The van der Waals surface area contributed by atoms with Gasteiger partial charge in [-0.3, -0.25) is 9.59 Å². The summed E-state index contributed by atoms with van der Waals surface area (Å²) in [7, 11) is -2.72. The zero-order valence-electron chi connectivity index (χ0n) is 23.4. The minimum absolute atomic E-state index is 0.169. The van der Waals surface area contributed by atoms with Gasteiger partial charge in [0.1, 0.15) is 17.7 Å². The molecule has 2 amide bonds. The molecule has 2 saturated heterocycles. The Labute approximate surface area is 244 Å². The van der Waals surface area contributed by atoms with Gasteiger partial charge >= 0.3 is 0 Å². The van der Waals surface area contributed by atoms with Crippen molar-refractivity contribution >= 4 is 33.2 Å². The van der Waals surface area contributed by atoms with Crippen molar-refractivity contribution in [3.05, 3.63) is 83.1 Å². The number of nitrogens with zero attached hydrogens (tertiary/aromatic N) is 3. The van der Waals surface area contributed by atoms with Gasteiger partial charge in [-0.05, 0) is 80.0 Å². The van der Waals surface area contributed by atoms with Crippen LogP contribution in [-0.4, -0.2) is 67.1 Å². The number of aromatic nitrogens is 1. The Morgan fingerprint density at radius 3 is 2.29 bits per heavy atom. The number of aryl methyl sites for hydroxylation is 1. The van der Waals surface area contributed by atoms with E-state index in [1.54, 1.807) is 24.0 Å². The highest BCUT2D eigenvalue weighted by Gasteiger charge is 2.40. The number of hydrogen-bond acceptors (Lipinski definition) is 6. The zero-order chi connectivity index (χ0) is 30.0. The maximum atomic E-state index is 13.8. The smallest absolute Gasteiger partial charge is 0.261 e. The summed E-state index contributed by atoms with van der Waals surface area (Å²) in [4.78, 5) is 32.0. The summed E-state index contributed by atoms with van der Waals surface area (Å²) in [5.74, 6) is -1.25. The normalized spacial score (nSPS) is 18.2. The SMILES string of the molecule is CNC(=O)C1CCCN1S(=O)(=O)c1cc(Nc2ccc(F)cc2C)c(C(=O)N2CCC(c3ccc(F)cc3)CC2)cn1. The minimum atomic E-state index is -4.17. The number of nitrogens with one attached hydrogen (secondary N) is 2. The zero-order valence-corrected chi connectivity index (χ0v) is 24.3. The number of sulfonamides is 1. The van der Waals surface area contributed by atoms with Crippen LogP contribution in [0.3, 0.4) is 0 Å². The van der Waals surface area contributed by atoms with Gasteiger partial charge in [0, 0.05) is 44.6 Å². The van der Waals surface area contributed by atoms with Crippen molar-refractivity contribution in [3.8, 4) is 0 Å². The lowest BCUT2D eigenvalue weighted by Crippen LogP contribution is -2.45. The number of hydrogen-bond donors (Lipinski definition) is 2. The average molecular weight is 598 g/mol. The van der Waals surface area contributed by atoms with Crippen LogP contribution in [0.15, 0.2) is 59.8 Å². The van der Waals surface area contributed by atoms with Gasteiger partial charge in [-0.1, -0.05) is 12.1 Å². The third-order valence-corrected chi connectivity index (χ3v) is 9.82. The topological polar surface area (TPSA) is 112 Å². The predicted molar refractivity (Wildman–Crippen MR) is 154 cm³/mol. The molecular weight excluding hydrogens is 564 g/mol. The fourth-order valence-corrected chi connectivity index (χ4v) is 7.26. The maximum Gasteiger partial charge on any atom is 0.261 e. The Kier molecular flexibility index (Phi) is 8.55. The monoisotopic (exact) mass is 597 g/mol.